The van der Waals surface area contributed by atoms with Gasteiger partial charge >= 0.3 is 0 Å². The lowest BCUT2D eigenvalue weighted by molar-refractivity contribution is -0.125. The monoisotopic (exact) mass is 383 g/mol. The molecule has 1 aromatic heterocycles. The average molecular weight is 383 g/mol. The van der Waals surface area contributed by atoms with Gasteiger partial charge in [-0.15, -0.1) is 0 Å². The fourth-order valence-corrected chi connectivity index (χ4v) is 3.60. The first-order chi connectivity index (χ1) is 13.6. The van der Waals surface area contributed by atoms with Crippen LogP contribution in [-0.4, -0.2) is 28.7 Å². The highest BCUT2D eigenvalue weighted by molar-refractivity contribution is 5.99. The maximum Gasteiger partial charge on any atom is 0.235 e. The number of benzene rings is 2. The quantitative estimate of drug-likeness (QED) is 0.745. The highest BCUT2D eigenvalue weighted by atomic mass is 19.1. The Hall–Kier alpha value is -3.06. The van der Waals surface area contributed by atoms with E-state index in [0.717, 1.165) is 0 Å². The SMILES string of the molecule is O=C(Nc1ccc(-n2ccnc2)c(F)c1)C1(c2cccc(F)c2)CCOCC1. The van der Waals surface area contributed by atoms with E-state index >= 15 is 0 Å². The molecule has 1 fully saturated rings. The zero-order valence-electron chi connectivity index (χ0n) is 15.1. The van der Waals surface area contributed by atoms with Crippen molar-refractivity contribution in [2.45, 2.75) is 18.3 Å². The van der Waals surface area contributed by atoms with Gasteiger partial charge in [0.1, 0.15) is 11.6 Å². The first kappa shape index (κ1) is 18.3. The third kappa shape index (κ3) is 3.41. The molecular formula is C21H19F2N3O2. The molecule has 144 valence electrons. The minimum Gasteiger partial charge on any atom is -0.381 e. The van der Waals surface area contributed by atoms with E-state index in [1.165, 1.54) is 24.5 Å². The lowest BCUT2D eigenvalue weighted by Gasteiger charge is -2.36. The van der Waals surface area contributed by atoms with Gasteiger partial charge in [0.05, 0.1) is 17.4 Å². The molecule has 3 aromatic rings. The normalized spacial score (nSPS) is 15.9. The van der Waals surface area contributed by atoms with E-state index < -0.39 is 17.0 Å². The van der Waals surface area contributed by atoms with Gasteiger partial charge in [0.15, 0.2) is 0 Å². The molecule has 0 aliphatic carbocycles. The molecule has 5 nitrogen and oxygen atoms in total. The van der Waals surface area contributed by atoms with Gasteiger partial charge in [-0.25, -0.2) is 13.8 Å². The first-order valence-electron chi connectivity index (χ1n) is 9.02. The summed E-state index contributed by atoms with van der Waals surface area (Å²) in [4.78, 5) is 17.1. The van der Waals surface area contributed by atoms with E-state index in [1.54, 1.807) is 41.2 Å². The molecule has 2 aromatic carbocycles. The number of aromatic nitrogens is 2. The largest absolute Gasteiger partial charge is 0.381 e. The van der Waals surface area contributed by atoms with E-state index in [-0.39, 0.29) is 5.91 Å². The van der Waals surface area contributed by atoms with Crippen molar-refractivity contribution in [1.82, 2.24) is 9.55 Å². The summed E-state index contributed by atoms with van der Waals surface area (Å²) in [7, 11) is 0. The van der Waals surface area contributed by atoms with Crippen molar-refractivity contribution < 1.29 is 18.3 Å². The van der Waals surface area contributed by atoms with Gasteiger partial charge in [-0.3, -0.25) is 4.79 Å². The fraction of sp³-hybridized carbons (Fsp3) is 0.238. The predicted octanol–water partition coefficient (Wildman–Crippen LogP) is 3.84. The van der Waals surface area contributed by atoms with Crippen molar-refractivity contribution in [3.05, 3.63) is 78.4 Å². The smallest absolute Gasteiger partial charge is 0.235 e. The average Bonchev–Trinajstić information content (AvgIpc) is 3.23. The molecule has 0 spiro atoms. The van der Waals surface area contributed by atoms with E-state index in [0.29, 0.717) is 43.0 Å². The van der Waals surface area contributed by atoms with Crippen LogP contribution in [0, 0.1) is 11.6 Å². The van der Waals surface area contributed by atoms with Crippen molar-refractivity contribution in [2.24, 2.45) is 0 Å². The summed E-state index contributed by atoms with van der Waals surface area (Å²) in [5.41, 5.74) is 0.360. The van der Waals surface area contributed by atoms with Crippen LogP contribution < -0.4 is 5.32 Å². The third-order valence-corrected chi connectivity index (χ3v) is 5.15. The van der Waals surface area contributed by atoms with Crippen LogP contribution in [-0.2, 0) is 14.9 Å². The summed E-state index contributed by atoms with van der Waals surface area (Å²) in [6.45, 7) is 0.801. The van der Waals surface area contributed by atoms with Gasteiger partial charge in [0, 0.05) is 31.3 Å². The summed E-state index contributed by atoms with van der Waals surface area (Å²) in [6.07, 6.45) is 5.55. The molecule has 7 heteroatoms. The summed E-state index contributed by atoms with van der Waals surface area (Å²) in [5.74, 6) is -1.18. The highest BCUT2D eigenvalue weighted by Crippen LogP contribution is 2.36. The van der Waals surface area contributed by atoms with E-state index in [2.05, 4.69) is 10.3 Å². The molecule has 1 aliphatic rings. The molecule has 0 saturated carbocycles. The summed E-state index contributed by atoms with van der Waals surface area (Å²) in [5, 5.41) is 2.80. The molecule has 2 heterocycles. The molecule has 1 saturated heterocycles. The van der Waals surface area contributed by atoms with Gasteiger partial charge in [0.2, 0.25) is 5.91 Å². The summed E-state index contributed by atoms with van der Waals surface area (Å²) >= 11 is 0. The Balaban J connectivity index is 1.62. The number of hydrogen-bond acceptors (Lipinski definition) is 3. The Bertz CT molecular complexity index is 983. The van der Waals surface area contributed by atoms with Crippen LogP contribution in [0.2, 0.25) is 0 Å². The van der Waals surface area contributed by atoms with Gasteiger partial charge in [-0.2, -0.15) is 0 Å². The van der Waals surface area contributed by atoms with Crippen molar-refractivity contribution in [3.8, 4) is 5.69 Å². The molecule has 0 unspecified atom stereocenters. The molecule has 0 atom stereocenters. The number of nitrogens with zero attached hydrogens (tertiary/aromatic N) is 2. The number of amides is 1. The number of carbonyl (C=O) groups is 1. The van der Waals surface area contributed by atoms with Crippen molar-refractivity contribution in [3.63, 3.8) is 0 Å². The number of anilines is 1. The minimum absolute atomic E-state index is 0.295. The number of nitrogens with one attached hydrogen (secondary N) is 1. The molecule has 28 heavy (non-hydrogen) atoms. The molecular weight excluding hydrogens is 364 g/mol. The molecule has 0 bridgehead atoms. The van der Waals surface area contributed by atoms with Crippen LogP contribution in [0.3, 0.4) is 0 Å². The maximum atomic E-state index is 14.5. The molecule has 1 aliphatic heterocycles. The van der Waals surface area contributed by atoms with Crippen molar-refractivity contribution >= 4 is 11.6 Å². The van der Waals surface area contributed by atoms with Crippen LogP contribution in [0.5, 0.6) is 0 Å². The van der Waals surface area contributed by atoms with Gasteiger partial charge in [-0.05, 0) is 48.7 Å². The second-order valence-electron chi connectivity index (χ2n) is 6.80. The summed E-state index contributed by atoms with van der Waals surface area (Å²) < 4.78 is 35.3. The Morgan fingerprint density at radius 1 is 1.14 bits per heavy atom. The Morgan fingerprint density at radius 2 is 1.96 bits per heavy atom. The van der Waals surface area contributed by atoms with E-state index in [4.69, 9.17) is 4.74 Å². The molecule has 0 radical (unpaired) electrons. The molecule has 1 amide bonds. The van der Waals surface area contributed by atoms with Crippen LogP contribution in [0.4, 0.5) is 14.5 Å². The predicted molar refractivity (Wildman–Crippen MR) is 100 cm³/mol. The Morgan fingerprint density at radius 3 is 2.64 bits per heavy atom. The van der Waals surface area contributed by atoms with Crippen LogP contribution >= 0.6 is 0 Å². The first-order valence-corrected chi connectivity index (χ1v) is 9.02. The number of ether oxygens (including phenoxy) is 1. The Labute approximate surface area is 161 Å². The maximum absolute atomic E-state index is 14.5. The number of rotatable bonds is 4. The fourth-order valence-electron chi connectivity index (χ4n) is 3.60. The second kappa shape index (κ2) is 7.52. The van der Waals surface area contributed by atoms with E-state index in [9.17, 15) is 13.6 Å². The number of imidazole rings is 1. The number of hydrogen-bond donors (Lipinski definition) is 1. The number of carbonyl (C=O) groups excluding carboxylic acids is 1. The van der Waals surface area contributed by atoms with Gasteiger partial charge in [0.25, 0.3) is 0 Å². The molecule has 1 N–H and O–H groups in total. The third-order valence-electron chi connectivity index (χ3n) is 5.15. The van der Waals surface area contributed by atoms with E-state index in [1.807, 2.05) is 0 Å². The van der Waals surface area contributed by atoms with Gasteiger partial charge in [-0.1, -0.05) is 12.1 Å². The topological polar surface area (TPSA) is 56.2 Å². The van der Waals surface area contributed by atoms with Crippen LogP contribution in [0.25, 0.3) is 5.69 Å². The summed E-state index contributed by atoms with van der Waals surface area (Å²) in [6, 6.07) is 10.5. The van der Waals surface area contributed by atoms with Crippen LogP contribution in [0.1, 0.15) is 18.4 Å². The lowest BCUT2D eigenvalue weighted by Crippen LogP contribution is -2.45. The zero-order valence-corrected chi connectivity index (χ0v) is 15.1. The number of halogens is 2. The Kier molecular flexibility index (Phi) is 4.92. The van der Waals surface area contributed by atoms with Crippen molar-refractivity contribution in [2.75, 3.05) is 18.5 Å². The lowest BCUT2D eigenvalue weighted by atomic mass is 9.73. The highest BCUT2D eigenvalue weighted by Gasteiger charge is 2.42. The standard InChI is InChI=1S/C21H19F2N3O2/c22-16-3-1-2-15(12-16)21(6-10-28-11-7-21)20(27)25-17-4-5-19(18(23)13-17)26-9-8-24-14-26/h1-5,8-9,12-14H,6-7,10-11H2,(H,25,27). The minimum atomic E-state index is -0.917. The second-order valence-corrected chi connectivity index (χ2v) is 6.80. The van der Waals surface area contributed by atoms with Gasteiger partial charge < -0.3 is 14.6 Å². The molecule has 4 rings (SSSR count). The zero-order chi connectivity index (χ0) is 19.6. The van der Waals surface area contributed by atoms with Crippen LogP contribution in [0.15, 0.2) is 61.2 Å². The van der Waals surface area contributed by atoms with Crippen molar-refractivity contribution in [1.29, 1.82) is 0 Å².